The van der Waals surface area contributed by atoms with Gasteiger partial charge in [0.2, 0.25) is 11.7 Å². The van der Waals surface area contributed by atoms with Crippen molar-refractivity contribution in [2.45, 2.75) is 44.1 Å². The smallest absolute Gasteiger partial charge is 0.335 e. The van der Waals surface area contributed by atoms with E-state index in [0.717, 1.165) is 18.4 Å². The summed E-state index contributed by atoms with van der Waals surface area (Å²) >= 11 is 0. The molecule has 112 valence electrons. The van der Waals surface area contributed by atoms with Crippen molar-refractivity contribution in [3.8, 4) is 0 Å². The van der Waals surface area contributed by atoms with E-state index in [1.807, 2.05) is 6.92 Å². The number of benzene rings is 1. The number of hydrogen-bond donors (Lipinski definition) is 1. The van der Waals surface area contributed by atoms with Gasteiger partial charge in [-0.15, -0.1) is 0 Å². The summed E-state index contributed by atoms with van der Waals surface area (Å²) in [5.74, 6) is -3.57. The third-order valence-electron chi connectivity index (χ3n) is 3.96. The number of alkyl halides is 2. The van der Waals surface area contributed by atoms with Crippen LogP contribution >= 0.6 is 0 Å². The molecule has 0 amide bonds. The first kappa shape index (κ1) is 14.1. The highest BCUT2D eigenvalue weighted by Crippen LogP contribution is 2.37. The van der Waals surface area contributed by atoms with E-state index < -0.39 is 11.7 Å². The Bertz CT molecular complexity index is 624. The van der Waals surface area contributed by atoms with E-state index in [1.165, 1.54) is 12.1 Å². The Balaban J connectivity index is 1.86. The van der Waals surface area contributed by atoms with Crippen LogP contribution in [-0.2, 0) is 5.92 Å². The molecular weight excluding hydrogens is 276 g/mol. The normalized spacial score (nSPS) is 22.7. The average molecular weight is 293 g/mol. The molecule has 0 saturated heterocycles. The van der Waals surface area contributed by atoms with Gasteiger partial charge in [0.15, 0.2) is 0 Å². The van der Waals surface area contributed by atoms with E-state index in [2.05, 4.69) is 10.1 Å². The second-order valence-corrected chi connectivity index (χ2v) is 5.67. The van der Waals surface area contributed by atoms with Crippen LogP contribution in [0.15, 0.2) is 28.8 Å². The van der Waals surface area contributed by atoms with Gasteiger partial charge in [0.1, 0.15) is 0 Å². The summed E-state index contributed by atoms with van der Waals surface area (Å²) in [7, 11) is 0. The molecule has 2 atom stereocenters. The third-order valence-corrected chi connectivity index (χ3v) is 3.96. The van der Waals surface area contributed by atoms with Crippen LogP contribution in [0.5, 0.6) is 0 Å². The second kappa shape index (κ2) is 5.18. The van der Waals surface area contributed by atoms with Crippen LogP contribution in [0, 0.1) is 6.92 Å². The predicted molar refractivity (Wildman–Crippen MR) is 73.0 cm³/mol. The highest BCUT2D eigenvalue weighted by Gasteiger charge is 2.40. The fraction of sp³-hybridized carbons (Fsp3) is 0.467. The standard InChI is InChI=1S/C15H17F2N3O/c1-9-2-5-11(6-3-9)15(16,17)14-19-13(21-20-14)10-4-7-12(18)8-10/h2-3,5-6,10,12H,4,7-8,18H2,1H3/t10-,12-/m0/s1. The van der Waals surface area contributed by atoms with Gasteiger partial charge in [-0.25, -0.2) is 0 Å². The number of aryl methyl sites for hydroxylation is 1. The molecule has 0 bridgehead atoms. The molecular formula is C15H17F2N3O. The molecule has 1 aliphatic carbocycles. The van der Waals surface area contributed by atoms with E-state index in [-0.39, 0.29) is 23.4 Å². The minimum atomic E-state index is -3.25. The minimum absolute atomic E-state index is 0.00457. The zero-order chi connectivity index (χ0) is 15.0. The lowest BCUT2D eigenvalue weighted by atomic mass is 10.1. The lowest BCUT2D eigenvalue weighted by Gasteiger charge is -2.12. The van der Waals surface area contributed by atoms with Gasteiger partial charge in [-0.05, 0) is 26.2 Å². The molecule has 1 aromatic carbocycles. The molecule has 6 heteroatoms. The van der Waals surface area contributed by atoms with Crippen molar-refractivity contribution in [2.24, 2.45) is 5.73 Å². The second-order valence-electron chi connectivity index (χ2n) is 5.67. The molecule has 4 nitrogen and oxygen atoms in total. The van der Waals surface area contributed by atoms with E-state index in [4.69, 9.17) is 10.3 Å². The van der Waals surface area contributed by atoms with Gasteiger partial charge in [-0.3, -0.25) is 0 Å². The van der Waals surface area contributed by atoms with Crippen molar-refractivity contribution in [1.82, 2.24) is 10.1 Å². The average Bonchev–Trinajstić information content (AvgIpc) is 3.08. The summed E-state index contributed by atoms with van der Waals surface area (Å²) in [5.41, 5.74) is 6.61. The topological polar surface area (TPSA) is 64.9 Å². The van der Waals surface area contributed by atoms with Gasteiger partial charge in [0.05, 0.1) is 0 Å². The molecule has 1 heterocycles. The number of nitrogens with two attached hydrogens (primary N) is 1. The lowest BCUT2D eigenvalue weighted by molar-refractivity contribution is 0.0304. The molecule has 1 saturated carbocycles. The summed E-state index contributed by atoms with van der Waals surface area (Å²) in [4.78, 5) is 3.91. The molecule has 1 fully saturated rings. The molecule has 2 N–H and O–H groups in total. The number of rotatable bonds is 3. The van der Waals surface area contributed by atoms with Gasteiger partial charge in [0.25, 0.3) is 0 Å². The molecule has 1 aromatic heterocycles. The highest BCUT2D eigenvalue weighted by molar-refractivity contribution is 5.29. The highest BCUT2D eigenvalue weighted by atomic mass is 19.3. The Labute approximate surface area is 121 Å². The monoisotopic (exact) mass is 293 g/mol. The molecule has 2 aromatic rings. The molecule has 1 aliphatic rings. The van der Waals surface area contributed by atoms with Gasteiger partial charge < -0.3 is 10.3 Å². The molecule has 0 spiro atoms. The van der Waals surface area contributed by atoms with Crippen LogP contribution in [0.4, 0.5) is 8.78 Å². The number of aromatic nitrogens is 2. The van der Waals surface area contributed by atoms with E-state index >= 15 is 0 Å². The molecule has 0 unspecified atom stereocenters. The van der Waals surface area contributed by atoms with Crippen LogP contribution in [-0.4, -0.2) is 16.2 Å². The molecule has 3 rings (SSSR count). The number of halogens is 2. The lowest BCUT2D eigenvalue weighted by Crippen LogP contribution is -2.17. The van der Waals surface area contributed by atoms with Crippen molar-refractivity contribution < 1.29 is 13.3 Å². The number of nitrogens with zero attached hydrogens (tertiary/aromatic N) is 2. The van der Waals surface area contributed by atoms with Crippen molar-refractivity contribution in [2.75, 3.05) is 0 Å². The van der Waals surface area contributed by atoms with Crippen LogP contribution in [0.3, 0.4) is 0 Å². The van der Waals surface area contributed by atoms with Crippen LogP contribution in [0.2, 0.25) is 0 Å². The fourth-order valence-corrected chi connectivity index (χ4v) is 2.66. The van der Waals surface area contributed by atoms with Crippen molar-refractivity contribution >= 4 is 0 Å². The van der Waals surface area contributed by atoms with Crippen molar-refractivity contribution in [3.05, 3.63) is 47.1 Å². The summed E-state index contributed by atoms with van der Waals surface area (Å²) in [6.45, 7) is 1.84. The van der Waals surface area contributed by atoms with E-state index in [1.54, 1.807) is 12.1 Å². The Morgan fingerprint density at radius 1 is 1.24 bits per heavy atom. The van der Waals surface area contributed by atoms with E-state index in [0.29, 0.717) is 6.42 Å². The number of hydrogen-bond acceptors (Lipinski definition) is 4. The molecule has 0 aliphatic heterocycles. The maximum atomic E-state index is 14.4. The SMILES string of the molecule is Cc1ccc(C(F)(F)c2noc([C@H]3CC[C@H](N)C3)n2)cc1. The minimum Gasteiger partial charge on any atom is -0.339 e. The quantitative estimate of drug-likeness (QED) is 0.944. The Morgan fingerprint density at radius 2 is 1.95 bits per heavy atom. The largest absolute Gasteiger partial charge is 0.339 e. The Morgan fingerprint density at radius 3 is 2.57 bits per heavy atom. The molecule has 0 radical (unpaired) electrons. The van der Waals surface area contributed by atoms with E-state index in [9.17, 15) is 8.78 Å². The Hall–Kier alpha value is -1.82. The summed E-state index contributed by atoms with van der Waals surface area (Å²) < 4.78 is 33.8. The third kappa shape index (κ3) is 2.68. The molecule has 21 heavy (non-hydrogen) atoms. The predicted octanol–water partition coefficient (Wildman–Crippen LogP) is 3.11. The van der Waals surface area contributed by atoms with Crippen LogP contribution in [0.1, 0.15) is 48.0 Å². The van der Waals surface area contributed by atoms with Crippen molar-refractivity contribution in [1.29, 1.82) is 0 Å². The van der Waals surface area contributed by atoms with Crippen molar-refractivity contribution in [3.63, 3.8) is 0 Å². The van der Waals surface area contributed by atoms with Gasteiger partial charge >= 0.3 is 5.92 Å². The van der Waals surface area contributed by atoms with Gasteiger partial charge in [0, 0.05) is 17.5 Å². The first-order valence-corrected chi connectivity index (χ1v) is 7.01. The summed E-state index contributed by atoms with van der Waals surface area (Å²) in [5, 5.41) is 3.48. The fourth-order valence-electron chi connectivity index (χ4n) is 2.66. The first-order valence-electron chi connectivity index (χ1n) is 7.01. The zero-order valence-corrected chi connectivity index (χ0v) is 11.7. The summed E-state index contributed by atoms with van der Waals surface area (Å²) in [6.07, 6.45) is 2.37. The maximum Gasteiger partial charge on any atom is 0.335 e. The summed E-state index contributed by atoms with van der Waals surface area (Å²) in [6, 6.07) is 6.14. The first-order chi connectivity index (χ1) is 9.96. The van der Waals surface area contributed by atoms with Gasteiger partial charge in [-0.1, -0.05) is 35.0 Å². The van der Waals surface area contributed by atoms with Gasteiger partial charge in [-0.2, -0.15) is 13.8 Å². The van der Waals surface area contributed by atoms with Crippen LogP contribution in [0.25, 0.3) is 0 Å². The Kier molecular flexibility index (Phi) is 3.49. The maximum absolute atomic E-state index is 14.4. The zero-order valence-electron chi connectivity index (χ0n) is 11.7. The van der Waals surface area contributed by atoms with Crippen LogP contribution < -0.4 is 5.73 Å².